The molecule has 3 heteroatoms. The van der Waals surface area contributed by atoms with Gasteiger partial charge in [0.15, 0.2) is 0 Å². The fourth-order valence-electron chi connectivity index (χ4n) is 2.23. The van der Waals surface area contributed by atoms with Crippen LogP contribution in [0.4, 0.5) is 5.69 Å². The quantitative estimate of drug-likeness (QED) is 0.731. The van der Waals surface area contributed by atoms with Gasteiger partial charge in [0.05, 0.1) is 0 Å². The van der Waals surface area contributed by atoms with Crippen molar-refractivity contribution in [1.29, 1.82) is 0 Å². The first-order valence-corrected chi connectivity index (χ1v) is 5.23. The molecule has 0 saturated carbocycles. The SMILES string of the molecule is Cc1cc(C)c2c(c1)C(CN)CC(=O)N2. The van der Waals surface area contributed by atoms with Crippen molar-refractivity contribution in [2.24, 2.45) is 5.73 Å². The molecule has 0 fully saturated rings. The number of carbonyl (C=O) groups excluding carboxylic acids is 1. The van der Waals surface area contributed by atoms with Crippen LogP contribution in [0.2, 0.25) is 0 Å². The summed E-state index contributed by atoms with van der Waals surface area (Å²) in [7, 11) is 0. The lowest BCUT2D eigenvalue weighted by Crippen LogP contribution is -2.27. The highest BCUT2D eigenvalue weighted by Gasteiger charge is 2.25. The smallest absolute Gasteiger partial charge is 0.225 e. The van der Waals surface area contributed by atoms with Gasteiger partial charge in [-0.3, -0.25) is 4.79 Å². The van der Waals surface area contributed by atoms with Crippen molar-refractivity contribution in [2.45, 2.75) is 26.2 Å². The molecule has 80 valence electrons. The van der Waals surface area contributed by atoms with Crippen molar-refractivity contribution in [3.05, 3.63) is 28.8 Å². The molecule has 1 aliphatic heterocycles. The van der Waals surface area contributed by atoms with Crippen molar-refractivity contribution in [2.75, 3.05) is 11.9 Å². The van der Waals surface area contributed by atoms with Gasteiger partial charge in [0.2, 0.25) is 5.91 Å². The number of hydrogen-bond donors (Lipinski definition) is 2. The highest BCUT2D eigenvalue weighted by molar-refractivity contribution is 5.95. The van der Waals surface area contributed by atoms with Crippen LogP contribution in [0.15, 0.2) is 12.1 Å². The van der Waals surface area contributed by atoms with Crippen LogP contribution in [-0.2, 0) is 4.79 Å². The van der Waals surface area contributed by atoms with Crippen molar-refractivity contribution in [3.63, 3.8) is 0 Å². The van der Waals surface area contributed by atoms with Crippen LogP contribution in [0.5, 0.6) is 0 Å². The van der Waals surface area contributed by atoms with Crippen LogP contribution in [0.25, 0.3) is 0 Å². The molecule has 1 atom stereocenters. The van der Waals surface area contributed by atoms with E-state index < -0.39 is 0 Å². The van der Waals surface area contributed by atoms with E-state index in [0.29, 0.717) is 13.0 Å². The van der Waals surface area contributed by atoms with Gasteiger partial charge in [-0.05, 0) is 31.5 Å². The summed E-state index contributed by atoms with van der Waals surface area (Å²) in [6.07, 6.45) is 0.506. The van der Waals surface area contributed by atoms with Gasteiger partial charge in [-0.15, -0.1) is 0 Å². The van der Waals surface area contributed by atoms with Crippen molar-refractivity contribution in [3.8, 4) is 0 Å². The topological polar surface area (TPSA) is 55.1 Å². The first kappa shape index (κ1) is 10.2. The Balaban J connectivity index is 2.55. The van der Waals surface area contributed by atoms with Crippen LogP contribution < -0.4 is 11.1 Å². The molecule has 0 aliphatic carbocycles. The van der Waals surface area contributed by atoms with Gasteiger partial charge in [0.1, 0.15) is 0 Å². The number of benzene rings is 1. The van der Waals surface area contributed by atoms with Crippen LogP contribution in [0, 0.1) is 13.8 Å². The zero-order valence-electron chi connectivity index (χ0n) is 9.13. The highest BCUT2D eigenvalue weighted by Crippen LogP contribution is 2.34. The maximum atomic E-state index is 11.5. The van der Waals surface area contributed by atoms with E-state index in [1.54, 1.807) is 0 Å². The van der Waals surface area contributed by atoms with Crippen LogP contribution in [-0.4, -0.2) is 12.5 Å². The Morgan fingerprint density at radius 1 is 1.47 bits per heavy atom. The van der Waals surface area contributed by atoms with Crippen molar-refractivity contribution in [1.82, 2.24) is 0 Å². The van der Waals surface area contributed by atoms with E-state index in [9.17, 15) is 4.79 Å². The highest BCUT2D eigenvalue weighted by atomic mass is 16.1. The number of fused-ring (bicyclic) bond motifs is 1. The average molecular weight is 204 g/mol. The zero-order chi connectivity index (χ0) is 11.0. The predicted molar refractivity (Wildman–Crippen MR) is 61.0 cm³/mol. The molecular formula is C12H16N2O. The molecule has 2 rings (SSSR count). The fraction of sp³-hybridized carbons (Fsp3) is 0.417. The summed E-state index contributed by atoms with van der Waals surface area (Å²) in [4.78, 5) is 11.5. The summed E-state index contributed by atoms with van der Waals surface area (Å²) >= 11 is 0. The maximum Gasteiger partial charge on any atom is 0.225 e. The van der Waals surface area contributed by atoms with E-state index in [1.807, 2.05) is 6.92 Å². The molecule has 15 heavy (non-hydrogen) atoms. The lowest BCUT2D eigenvalue weighted by molar-refractivity contribution is -0.116. The summed E-state index contributed by atoms with van der Waals surface area (Å²) in [6.45, 7) is 4.62. The van der Waals surface area contributed by atoms with Gasteiger partial charge in [-0.1, -0.05) is 17.7 Å². The fourth-order valence-corrected chi connectivity index (χ4v) is 2.23. The number of hydrogen-bond acceptors (Lipinski definition) is 2. The summed E-state index contributed by atoms with van der Waals surface area (Å²) in [5.74, 6) is 0.247. The van der Waals surface area contributed by atoms with Gasteiger partial charge < -0.3 is 11.1 Å². The molecule has 0 spiro atoms. The Morgan fingerprint density at radius 2 is 2.20 bits per heavy atom. The molecule has 1 aromatic carbocycles. The number of anilines is 1. The first-order chi connectivity index (χ1) is 7.11. The van der Waals surface area contributed by atoms with Crippen LogP contribution >= 0.6 is 0 Å². The monoisotopic (exact) mass is 204 g/mol. The molecule has 1 aromatic rings. The molecule has 1 amide bonds. The molecule has 1 unspecified atom stereocenters. The number of carbonyl (C=O) groups is 1. The lowest BCUT2D eigenvalue weighted by Gasteiger charge is -2.26. The summed E-state index contributed by atoms with van der Waals surface area (Å²) in [5.41, 5.74) is 10.2. The number of rotatable bonds is 1. The third kappa shape index (κ3) is 1.75. The number of aryl methyl sites for hydroxylation is 2. The van der Waals surface area contributed by atoms with E-state index in [1.165, 1.54) is 11.1 Å². The van der Waals surface area contributed by atoms with Gasteiger partial charge in [-0.25, -0.2) is 0 Å². The second kappa shape index (κ2) is 3.66. The summed E-state index contributed by atoms with van der Waals surface area (Å²) < 4.78 is 0. The molecule has 3 nitrogen and oxygen atoms in total. The van der Waals surface area contributed by atoms with Gasteiger partial charge in [0, 0.05) is 18.0 Å². The lowest BCUT2D eigenvalue weighted by atomic mass is 9.88. The summed E-state index contributed by atoms with van der Waals surface area (Å²) in [6, 6.07) is 4.21. The van der Waals surface area contributed by atoms with Gasteiger partial charge >= 0.3 is 0 Å². The normalized spacial score (nSPS) is 19.7. The maximum absolute atomic E-state index is 11.5. The third-order valence-electron chi connectivity index (χ3n) is 2.93. The van der Waals surface area contributed by atoms with Crippen LogP contribution in [0.1, 0.15) is 29.0 Å². The molecular weight excluding hydrogens is 188 g/mol. The minimum Gasteiger partial charge on any atom is -0.330 e. The van der Waals surface area contributed by atoms with E-state index in [2.05, 4.69) is 24.4 Å². The predicted octanol–water partition coefficient (Wildman–Crippen LogP) is 1.69. The Hall–Kier alpha value is -1.35. The summed E-state index contributed by atoms with van der Waals surface area (Å²) in [5, 5.41) is 2.93. The Bertz CT molecular complexity index is 412. The molecule has 1 aliphatic rings. The number of nitrogens with one attached hydrogen (secondary N) is 1. The molecule has 3 N–H and O–H groups in total. The third-order valence-corrected chi connectivity index (χ3v) is 2.93. The van der Waals surface area contributed by atoms with Gasteiger partial charge in [-0.2, -0.15) is 0 Å². The van der Waals surface area contributed by atoms with E-state index in [4.69, 9.17) is 5.73 Å². The molecule has 0 bridgehead atoms. The molecule has 1 heterocycles. The minimum absolute atomic E-state index is 0.0740. The molecule has 0 radical (unpaired) electrons. The first-order valence-electron chi connectivity index (χ1n) is 5.23. The van der Waals surface area contributed by atoms with Crippen LogP contribution in [0.3, 0.4) is 0 Å². The van der Waals surface area contributed by atoms with E-state index >= 15 is 0 Å². The van der Waals surface area contributed by atoms with E-state index in [-0.39, 0.29) is 11.8 Å². The Kier molecular flexibility index (Phi) is 2.49. The standard InChI is InChI=1S/C12H16N2O/c1-7-3-8(2)12-10(4-7)9(6-13)5-11(15)14-12/h3-4,9H,5-6,13H2,1-2H3,(H,14,15). The van der Waals surface area contributed by atoms with Crippen molar-refractivity contribution < 1.29 is 4.79 Å². The largest absolute Gasteiger partial charge is 0.330 e. The minimum atomic E-state index is 0.0740. The van der Waals surface area contributed by atoms with Crippen molar-refractivity contribution >= 4 is 11.6 Å². The average Bonchev–Trinajstić information content (AvgIpc) is 2.18. The Morgan fingerprint density at radius 3 is 2.87 bits per heavy atom. The second-order valence-electron chi connectivity index (χ2n) is 4.23. The van der Waals surface area contributed by atoms with E-state index in [0.717, 1.165) is 11.3 Å². The Labute approximate surface area is 89.7 Å². The zero-order valence-corrected chi connectivity index (χ0v) is 9.13. The second-order valence-corrected chi connectivity index (χ2v) is 4.23. The van der Waals surface area contributed by atoms with Gasteiger partial charge in [0.25, 0.3) is 0 Å². The molecule has 0 aromatic heterocycles. The molecule has 0 saturated heterocycles. The number of amides is 1. The number of nitrogens with two attached hydrogens (primary N) is 1.